The predicted octanol–water partition coefficient (Wildman–Crippen LogP) is 1.30. The summed E-state index contributed by atoms with van der Waals surface area (Å²) in [6, 6.07) is 1.73. The summed E-state index contributed by atoms with van der Waals surface area (Å²) in [6.07, 6.45) is 4.42. The number of nitrogens with zero attached hydrogens (tertiary/aromatic N) is 3. The molecule has 0 amide bonds. The minimum absolute atomic E-state index is 0.219. The molecule has 0 saturated carbocycles. The van der Waals surface area contributed by atoms with E-state index in [0.29, 0.717) is 5.01 Å². The number of aromatic carboxylic acids is 1. The van der Waals surface area contributed by atoms with E-state index >= 15 is 0 Å². The molecule has 0 aliphatic rings. The molecule has 0 atom stereocenters. The van der Waals surface area contributed by atoms with Crippen molar-refractivity contribution >= 4 is 17.3 Å². The summed E-state index contributed by atoms with van der Waals surface area (Å²) >= 11 is 1.12. The standard InChI is InChI=1S/C8H5N3O2S/c12-8(13)6-4-9-7(14-6)5-1-2-10-11-3-5/h1-4H,(H,12,13). The second-order valence-electron chi connectivity index (χ2n) is 2.47. The Balaban J connectivity index is 2.39. The van der Waals surface area contributed by atoms with Crippen LogP contribution in [0.25, 0.3) is 10.6 Å². The van der Waals surface area contributed by atoms with Gasteiger partial charge in [-0.1, -0.05) is 0 Å². The number of carboxylic acid groups (broad SMARTS) is 1. The van der Waals surface area contributed by atoms with E-state index in [0.717, 1.165) is 16.9 Å². The Morgan fingerprint density at radius 3 is 2.79 bits per heavy atom. The van der Waals surface area contributed by atoms with E-state index in [2.05, 4.69) is 15.2 Å². The molecule has 0 bridgehead atoms. The number of thiazole rings is 1. The molecule has 0 fully saturated rings. The van der Waals surface area contributed by atoms with Crippen molar-refractivity contribution in [2.24, 2.45) is 0 Å². The van der Waals surface area contributed by atoms with E-state index in [1.807, 2.05) is 0 Å². The first-order chi connectivity index (χ1) is 6.77. The number of aromatic nitrogens is 3. The van der Waals surface area contributed by atoms with Gasteiger partial charge in [0.15, 0.2) is 0 Å². The van der Waals surface area contributed by atoms with Crippen LogP contribution in [-0.4, -0.2) is 26.3 Å². The first-order valence-corrected chi connectivity index (χ1v) is 4.55. The van der Waals surface area contributed by atoms with Crippen molar-refractivity contribution in [1.29, 1.82) is 0 Å². The van der Waals surface area contributed by atoms with Crippen molar-refractivity contribution in [2.75, 3.05) is 0 Å². The molecule has 0 spiro atoms. The first kappa shape index (κ1) is 8.76. The van der Waals surface area contributed by atoms with Crippen molar-refractivity contribution in [3.05, 3.63) is 29.5 Å². The zero-order chi connectivity index (χ0) is 9.97. The fourth-order valence-electron chi connectivity index (χ4n) is 0.924. The Kier molecular flexibility index (Phi) is 2.19. The Bertz CT molecular complexity index is 455. The maximum absolute atomic E-state index is 10.6. The SMILES string of the molecule is O=C(O)c1cnc(-c2ccnnc2)s1. The van der Waals surface area contributed by atoms with E-state index in [9.17, 15) is 4.79 Å². The van der Waals surface area contributed by atoms with Gasteiger partial charge in [-0.05, 0) is 6.07 Å². The van der Waals surface area contributed by atoms with Gasteiger partial charge < -0.3 is 5.11 Å². The molecule has 0 unspecified atom stereocenters. The van der Waals surface area contributed by atoms with Gasteiger partial charge >= 0.3 is 5.97 Å². The first-order valence-electron chi connectivity index (χ1n) is 3.73. The highest BCUT2D eigenvalue weighted by atomic mass is 32.1. The maximum atomic E-state index is 10.6. The molecule has 0 saturated heterocycles. The summed E-state index contributed by atoms with van der Waals surface area (Å²) in [7, 11) is 0. The van der Waals surface area contributed by atoms with Gasteiger partial charge in [-0.3, -0.25) is 0 Å². The lowest BCUT2D eigenvalue weighted by Gasteiger charge is -1.90. The van der Waals surface area contributed by atoms with Gasteiger partial charge in [-0.2, -0.15) is 10.2 Å². The fraction of sp³-hybridized carbons (Fsp3) is 0. The lowest BCUT2D eigenvalue weighted by atomic mass is 10.3. The molecule has 0 aliphatic carbocycles. The van der Waals surface area contributed by atoms with Crippen molar-refractivity contribution in [3.63, 3.8) is 0 Å². The van der Waals surface area contributed by atoms with Crippen LogP contribution >= 0.6 is 11.3 Å². The Morgan fingerprint density at radius 1 is 1.36 bits per heavy atom. The summed E-state index contributed by atoms with van der Waals surface area (Å²) in [4.78, 5) is 14.8. The molecule has 2 heterocycles. The number of hydrogen-bond acceptors (Lipinski definition) is 5. The van der Waals surface area contributed by atoms with Gasteiger partial charge in [0.2, 0.25) is 0 Å². The Morgan fingerprint density at radius 2 is 2.21 bits per heavy atom. The molecule has 2 rings (SSSR count). The summed E-state index contributed by atoms with van der Waals surface area (Å²) in [5, 5.41) is 16.6. The molecular formula is C8H5N3O2S. The quantitative estimate of drug-likeness (QED) is 0.803. The van der Waals surface area contributed by atoms with Gasteiger partial charge in [-0.15, -0.1) is 11.3 Å². The number of hydrogen-bond donors (Lipinski definition) is 1. The van der Waals surface area contributed by atoms with E-state index in [1.54, 1.807) is 12.3 Å². The van der Waals surface area contributed by atoms with Crippen LogP contribution in [0.4, 0.5) is 0 Å². The summed E-state index contributed by atoms with van der Waals surface area (Å²) in [6.45, 7) is 0. The molecule has 0 radical (unpaired) electrons. The minimum Gasteiger partial charge on any atom is -0.477 e. The molecule has 14 heavy (non-hydrogen) atoms. The lowest BCUT2D eigenvalue weighted by molar-refractivity contribution is 0.0702. The van der Waals surface area contributed by atoms with E-state index in [4.69, 9.17) is 5.11 Å². The van der Waals surface area contributed by atoms with Crippen LogP contribution in [0.15, 0.2) is 24.7 Å². The van der Waals surface area contributed by atoms with E-state index in [-0.39, 0.29) is 4.88 Å². The highest BCUT2D eigenvalue weighted by Crippen LogP contribution is 2.23. The zero-order valence-corrected chi connectivity index (χ0v) is 7.73. The fourth-order valence-corrected chi connectivity index (χ4v) is 1.67. The summed E-state index contributed by atoms with van der Waals surface area (Å²) in [5.74, 6) is -0.962. The molecule has 2 aromatic heterocycles. The molecule has 1 N–H and O–H groups in total. The van der Waals surface area contributed by atoms with Crippen molar-refractivity contribution < 1.29 is 9.90 Å². The lowest BCUT2D eigenvalue weighted by Crippen LogP contribution is -1.89. The van der Waals surface area contributed by atoms with Crippen LogP contribution in [0.1, 0.15) is 9.67 Å². The Labute approximate surface area is 83.1 Å². The second kappa shape index (κ2) is 3.51. The molecular weight excluding hydrogens is 202 g/mol. The molecule has 0 aliphatic heterocycles. The molecule has 0 aromatic carbocycles. The molecule has 2 aromatic rings. The third-order valence-electron chi connectivity index (χ3n) is 1.55. The van der Waals surface area contributed by atoms with Gasteiger partial charge in [0.25, 0.3) is 0 Å². The predicted molar refractivity (Wildman–Crippen MR) is 50.1 cm³/mol. The van der Waals surface area contributed by atoms with Crippen LogP contribution in [0, 0.1) is 0 Å². The molecule has 70 valence electrons. The summed E-state index contributed by atoms with van der Waals surface area (Å²) < 4.78 is 0. The molecule has 5 nitrogen and oxygen atoms in total. The number of rotatable bonds is 2. The van der Waals surface area contributed by atoms with Gasteiger partial charge in [0, 0.05) is 5.56 Å². The highest BCUT2D eigenvalue weighted by molar-refractivity contribution is 7.16. The normalized spacial score (nSPS) is 10.0. The van der Waals surface area contributed by atoms with Crippen molar-refractivity contribution in [1.82, 2.24) is 15.2 Å². The van der Waals surface area contributed by atoms with Crippen LogP contribution in [-0.2, 0) is 0 Å². The summed E-state index contributed by atoms with van der Waals surface area (Å²) in [5.41, 5.74) is 0.775. The monoisotopic (exact) mass is 207 g/mol. The van der Waals surface area contributed by atoms with E-state index < -0.39 is 5.97 Å². The van der Waals surface area contributed by atoms with Crippen molar-refractivity contribution in [2.45, 2.75) is 0 Å². The third kappa shape index (κ3) is 1.60. The van der Waals surface area contributed by atoms with Crippen LogP contribution < -0.4 is 0 Å². The van der Waals surface area contributed by atoms with E-state index in [1.165, 1.54) is 12.4 Å². The van der Waals surface area contributed by atoms with Crippen molar-refractivity contribution in [3.8, 4) is 10.6 Å². The second-order valence-corrected chi connectivity index (χ2v) is 3.50. The van der Waals surface area contributed by atoms with Gasteiger partial charge in [0.05, 0.1) is 18.6 Å². The largest absolute Gasteiger partial charge is 0.477 e. The van der Waals surface area contributed by atoms with Gasteiger partial charge in [-0.25, -0.2) is 9.78 Å². The Hall–Kier alpha value is -1.82. The smallest absolute Gasteiger partial charge is 0.347 e. The van der Waals surface area contributed by atoms with Crippen LogP contribution in [0.3, 0.4) is 0 Å². The zero-order valence-electron chi connectivity index (χ0n) is 6.91. The number of carbonyl (C=O) groups is 1. The van der Waals surface area contributed by atoms with Gasteiger partial charge in [0.1, 0.15) is 9.88 Å². The van der Waals surface area contributed by atoms with Crippen LogP contribution in [0.2, 0.25) is 0 Å². The third-order valence-corrected chi connectivity index (χ3v) is 2.58. The topological polar surface area (TPSA) is 76.0 Å². The number of carboxylic acids is 1. The maximum Gasteiger partial charge on any atom is 0.347 e. The average molecular weight is 207 g/mol. The van der Waals surface area contributed by atoms with Crippen LogP contribution in [0.5, 0.6) is 0 Å². The average Bonchev–Trinajstić information content (AvgIpc) is 2.68. The molecule has 6 heteroatoms. The minimum atomic E-state index is -0.962. The highest BCUT2D eigenvalue weighted by Gasteiger charge is 2.09.